The van der Waals surface area contributed by atoms with Crippen LogP contribution in [0.15, 0.2) is 92.4 Å². The first-order valence-electron chi connectivity index (χ1n) is 20.4. The Morgan fingerprint density at radius 1 is 1.07 bits per heavy atom. The van der Waals surface area contributed by atoms with Crippen molar-refractivity contribution in [1.82, 2.24) is 5.32 Å². The lowest BCUT2D eigenvalue weighted by molar-refractivity contribution is -0.763. The van der Waals surface area contributed by atoms with Crippen molar-refractivity contribution >= 4 is 39.6 Å². The van der Waals surface area contributed by atoms with Crippen LogP contribution >= 0.6 is 0 Å². The number of phenols is 2. The molecule has 9 rings (SSSR count). The number of carbonyl (C=O) groups excluding carboxylic acids is 1. The minimum Gasteiger partial charge on any atom is -0.508 e. The van der Waals surface area contributed by atoms with Crippen LogP contribution in [0.25, 0.3) is 21.7 Å². The SMILES string of the molecule is Cc1cc(=O)c2cc3c(c([NH+]4C=C5N=CC=C5C4)c2o1)O[C@@]1(CC=C[C@@H]([C@@H]2CNC(=O)C2)C1)[C@H](OOC[C@@](O)(Cc1ccc(O)c2ccc(O)cc12)[C@@H](O)[C@H](O)[C@H](O)CO)C3. The molecule has 0 radical (unpaired) electrons. The Balaban J connectivity index is 1.10. The number of carbonyl (C=O) groups is 1. The normalized spacial score (nSPS) is 26.7. The van der Waals surface area contributed by atoms with Crippen LogP contribution < -0.4 is 20.4 Å². The summed E-state index contributed by atoms with van der Waals surface area (Å²) < 4.78 is 13.5. The number of nitrogens with zero attached hydrogens (tertiary/aromatic N) is 1. The van der Waals surface area contributed by atoms with E-state index >= 15 is 0 Å². The number of quaternary nitrogens is 1. The lowest BCUT2D eigenvalue weighted by Crippen LogP contribution is -3.01. The van der Waals surface area contributed by atoms with E-state index in [0.717, 1.165) is 16.2 Å². The maximum absolute atomic E-state index is 13.6. The van der Waals surface area contributed by atoms with Gasteiger partial charge in [-0.3, -0.25) is 19.5 Å². The van der Waals surface area contributed by atoms with Crippen molar-refractivity contribution in [2.24, 2.45) is 16.8 Å². The highest BCUT2D eigenvalue weighted by Gasteiger charge is 2.53. The summed E-state index contributed by atoms with van der Waals surface area (Å²) in [7, 11) is 0. The Kier molecular flexibility index (Phi) is 10.6. The topological polar surface area (TPSA) is 245 Å². The second-order valence-electron chi connectivity index (χ2n) is 17.0. The maximum Gasteiger partial charge on any atom is 0.222 e. The fourth-order valence-corrected chi connectivity index (χ4v) is 9.57. The molecule has 320 valence electrons. The number of fused-ring (bicyclic) bond motifs is 4. The quantitative estimate of drug-likeness (QED) is 0.0554. The number of aromatic hydroxyl groups is 2. The van der Waals surface area contributed by atoms with Crippen molar-refractivity contribution in [2.75, 3.05) is 26.3 Å². The molecule has 1 amide bonds. The van der Waals surface area contributed by atoms with Crippen LogP contribution in [-0.4, -0.2) is 110 Å². The van der Waals surface area contributed by atoms with Gasteiger partial charge in [-0.2, -0.15) is 0 Å². The first-order chi connectivity index (χ1) is 29.3. The zero-order chi connectivity index (χ0) is 42.8. The minimum absolute atomic E-state index is 0.0263. The molecule has 5 heterocycles. The Hall–Kier alpha value is -5.43. The predicted octanol–water partition coefficient (Wildman–Crippen LogP) is 1.19. The van der Waals surface area contributed by atoms with Gasteiger partial charge in [-0.15, -0.1) is 0 Å². The number of aliphatic imine (C=N–C) groups is 1. The Bertz CT molecular complexity index is 2600. The van der Waals surface area contributed by atoms with E-state index in [1.165, 1.54) is 36.4 Å². The molecule has 1 spiro atoms. The van der Waals surface area contributed by atoms with Gasteiger partial charge in [-0.25, -0.2) is 9.78 Å². The van der Waals surface area contributed by atoms with Gasteiger partial charge in [0.25, 0.3) is 0 Å². The molecule has 1 saturated heterocycles. The van der Waals surface area contributed by atoms with E-state index in [0.29, 0.717) is 82.4 Å². The van der Waals surface area contributed by atoms with Crippen molar-refractivity contribution in [2.45, 2.75) is 74.6 Å². The Labute approximate surface area is 348 Å². The number of rotatable bonds is 12. The van der Waals surface area contributed by atoms with Gasteiger partial charge in [-0.05, 0) is 72.5 Å². The number of hydrogen-bond donors (Lipinski definition) is 9. The van der Waals surface area contributed by atoms with Gasteiger partial charge in [0.2, 0.25) is 17.2 Å². The van der Waals surface area contributed by atoms with Crippen LogP contribution in [0.3, 0.4) is 0 Å². The van der Waals surface area contributed by atoms with Crippen LogP contribution in [0.1, 0.15) is 36.1 Å². The molecule has 61 heavy (non-hydrogen) atoms. The molecular formula is C45H48N3O13+. The zero-order valence-electron chi connectivity index (χ0n) is 33.3. The molecule has 5 aliphatic rings. The number of amides is 1. The van der Waals surface area contributed by atoms with Gasteiger partial charge in [0, 0.05) is 61.0 Å². The number of aliphatic hydroxyl groups is 5. The third-order valence-corrected chi connectivity index (χ3v) is 12.9. The molecule has 1 aliphatic carbocycles. The number of hydrogen-bond acceptors (Lipinski definition) is 14. The van der Waals surface area contributed by atoms with Crippen molar-refractivity contribution in [3.05, 3.63) is 105 Å². The summed E-state index contributed by atoms with van der Waals surface area (Å²) in [5.41, 5.74) is 0.0659. The highest BCUT2D eigenvalue weighted by molar-refractivity contribution is 5.92. The number of aryl methyl sites for hydroxylation is 1. The van der Waals surface area contributed by atoms with Crippen LogP contribution in [0.2, 0.25) is 0 Å². The molecule has 0 bridgehead atoms. The van der Waals surface area contributed by atoms with E-state index in [9.17, 15) is 45.3 Å². The molecule has 16 nitrogen and oxygen atoms in total. The van der Waals surface area contributed by atoms with Gasteiger partial charge in [0.1, 0.15) is 77.9 Å². The smallest absolute Gasteiger partial charge is 0.222 e. The molecule has 4 aliphatic heterocycles. The molecule has 9 atom stereocenters. The van der Waals surface area contributed by atoms with E-state index in [2.05, 4.69) is 16.4 Å². The van der Waals surface area contributed by atoms with Crippen molar-refractivity contribution < 1.29 is 64.4 Å². The minimum atomic E-state index is -2.40. The van der Waals surface area contributed by atoms with Crippen molar-refractivity contribution in [1.29, 1.82) is 0 Å². The zero-order valence-corrected chi connectivity index (χ0v) is 33.3. The molecule has 16 heteroatoms. The van der Waals surface area contributed by atoms with Crippen molar-refractivity contribution in [3.8, 4) is 17.2 Å². The molecule has 4 aromatic rings. The summed E-state index contributed by atoms with van der Waals surface area (Å²) >= 11 is 0. The second kappa shape index (κ2) is 15.8. The highest BCUT2D eigenvalue weighted by Crippen LogP contribution is 2.49. The monoisotopic (exact) mass is 838 g/mol. The number of ether oxygens (including phenoxy) is 1. The summed E-state index contributed by atoms with van der Waals surface area (Å²) in [6, 6.07) is 10.3. The van der Waals surface area contributed by atoms with E-state index in [-0.39, 0.29) is 41.1 Å². The summed E-state index contributed by atoms with van der Waals surface area (Å²) in [6.45, 7) is 1.04. The molecule has 0 saturated carbocycles. The Morgan fingerprint density at radius 2 is 1.90 bits per heavy atom. The number of allylic oxidation sites excluding steroid dienone is 2. The third kappa shape index (κ3) is 7.42. The number of benzene rings is 3. The number of aliphatic hydroxyl groups excluding tert-OH is 4. The fraction of sp³-hybridized carbons (Fsp3) is 0.400. The largest absolute Gasteiger partial charge is 0.508 e. The number of nitrogens with one attached hydrogen (secondary N) is 2. The average Bonchev–Trinajstić information content (AvgIpc) is 3.98. The molecular weight excluding hydrogens is 791 g/mol. The van der Waals surface area contributed by atoms with Crippen LogP contribution in [0, 0.1) is 18.8 Å². The average molecular weight is 839 g/mol. The lowest BCUT2D eigenvalue weighted by atomic mass is 9.71. The van der Waals surface area contributed by atoms with E-state index in [1.807, 2.05) is 18.4 Å². The van der Waals surface area contributed by atoms with E-state index in [1.54, 1.807) is 19.2 Å². The van der Waals surface area contributed by atoms with Gasteiger partial charge < -0.3 is 50.2 Å². The standard InChI is InChI=1S/C45H47N3O13/c1-23-11-35(52)32-12-27-13-37(61-58-22-44(57,43(56)40(55)36(53)21-49)16-25-4-7-34(51)30-6-5-29(50)15-31(25)30)45(9-2-3-24(17-45)28-14-38(54)47-18-28)60-41(27)39(42(32)59-23)48-19-26-8-10-46-33(26)20-48/h2-8,10-12,15,20,24,28,36-37,40,43,49-51,53,55-57H,9,13-14,16-19,21-22H2,1H3,(H,47,54)/p+1/t24-,28+,36-,37-,40-,43+,44+,45-/m1/s1. The van der Waals surface area contributed by atoms with Crippen LogP contribution in [0.5, 0.6) is 17.2 Å². The third-order valence-electron chi connectivity index (χ3n) is 12.9. The molecule has 1 unspecified atom stereocenters. The molecule has 1 fully saturated rings. The van der Waals surface area contributed by atoms with Crippen LogP contribution in [0.4, 0.5) is 5.69 Å². The molecule has 1 aromatic heterocycles. The fourth-order valence-electron chi connectivity index (χ4n) is 9.57. The second-order valence-corrected chi connectivity index (χ2v) is 17.0. The maximum atomic E-state index is 13.6. The number of phenolic OH excluding ortho intramolecular Hbond substituents is 2. The highest BCUT2D eigenvalue weighted by atomic mass is 17.2. The first kappa shape index (κ1) is 40.9. The Morgan fingerprint density at radius 3 is 2.67 bits per heavy atom. The lowest BCUT2D eigenvalue weighted by Gasteiger charge is -2.47. The van der Waals surface area contributed by atoms with Gasteiger partial charge in [0.05, 0.1) is 12.0 Å². The van der Waals surface area contributed by atoms with Gasteiger partial charge in [-0.1, -0.05) is 18.2 Å². The summed E-state index contributed by atoms with van der Waals surface area (Å²) in [5, 5.41) is 79.4. The predicted molar refractivity (Wildman–Crippen MR) is 219 cm³/mol. The molecule has 9 N–H and O–H groups in total. The van der Waals surface area contributed by atoms with E-state index in [4.69, 9.17) is 18.9 Å². The van der Waals surface area contributed by atoms with Crippen molar-refractivity contribution in [3.63, 3.8) is 0 Å². The van der Waals surface area contributed by atoms with E-state index < -0.39 is 55.3 Å². The summed E-state index contributed by atoms with van der Waals surface area (Å²) in [4.78, 5) is 43.6. The first-order valence-corrected chi connectivity index (χ1v) is 20.4. The summed E-state index contributed by atoms with van der Waals surface area (Å²) in [6.07, 6.45) is 3.67. The van der Waals surface area contributed by atoms with Gasteiger partial charge in [0.15, 0.2) is 11.2 Å². The van der Waals surface area contributed by atoms with Gasteiger partial charge >= 0.3 is 0 Å². The van der Waals surface area contributed by atoms with Crippen LogP contribution in [-0.2, 0) is 27.4 Å². The summed E-state index contributed by atoms with van der Waals surface area (Å²) in [5.74, 6) is 0.546. The molecule has 3 aromatic carbocycles.